The van der Waals surface area contributed by atoms with Gasteiger partial charge in [0, 0.05) is 28.3 Å². The molecule has 0 bridgehead atoms. The number of hydrogen-bond acceptors (Lipinski definition) is 4. The number of nitrogens with zero attached hydrogens (tertiary/aromatic N) is 1. The van der Waals surface area contributed by atoms with Gasteiger partial charge in [-0.3, -0.25) is 4.79 Å². The van der Waals surface area contributed by atoms with Gasteiger partial charge < -0.3 is 10.1 Å². The fourth-order valence-corrected chi connectivity index (χ4v) is 6.34. The maximum atomic E-state index is 13.7. The molecule has 0 atom stereocenters. The number of fused-ring (bicyclic) bond motifs is 2. The highest BCUT2D eigenvalue weighted by Gasteiger charge is 2.39. The van der Waals surface area contributed by atoms with Crippen molar-refractivity contribution in [3.05, 3.63) is 107 Å². The third-order valence-electron chi connectivity index (χ3n) is 6.81. The Kier molecular flexibility index (Phi) is 4.97. The minimum absolute atomic E-state index is 0.190. The number of hydrogen-bond donors (Lipinski definition) is 1. The van der Waals surface area contributed by atoms with Gasteiger partial charge in [0.05, 0.1) is 21.7 Å². The second-order valence-corrected chi connectivity index (χ2v) is 11.5. The summed E-state index contributed by atoms with van der Waals surface area (Å²) < 4.78 is 48.6. The van der Waals surface area contributed by atoms with Crippen LogP contribution in [-0.2, 0) is 19.6 Å². The van der Waals surface area contributed by atoms with Gasteiger partial charge in [0.2, 0.25) is 0 Å². The molecule has 2 aliphatic heterocycles. The highest BCUT2D eigenvalue weighted by Crippen LogP contribution is 2.46. The lowest BCUT2D eigenvalue weighted by Crippen LogP contribution is -2.21. The lowest BCUT2D eigenvalue weighted by atomic mass is 9.92. The Bertz CT molecular complexity index is 1800. The molecule has 1 aromatic heterocycles. The van der Waals surface area contributed by atoms with Crippen LogP contribution in [-0.4, -0.2) is 23.9 Å². The molecule has 0 unspecified atom stereocenters. The molecule has 0 spiro atoms. The van der Waals surface area contributed by atoms with Crippen molar-refractivity contribution in [2.45, 2.75) is 31.3 Å². The summed E-state index contributed by atoms with van der Waals surface area (Å²) in [6.07, 6.45) is 3.39. The van der Waals surface area contributed by atoms with Crippen molar-refractivity contribution in [1.29, 1.82) is 0 Å². The van der Waals surface area contributed by atoms with Crippen LogP contribution in [0.5, 0.6) is 0 Å². The maximum absolute atomic E-state index is 13.7. The number of nitrogens with one attached hydrogen (secondary N) is 1. The zero-order valence-electron chi connectivity index (χ0n) is 20.4. The summed E-state index contributed by atoms with van der Waals surface area (Å²) in [5.41, 5.74) is 3.30. The van der Waals surface area contributed by atoms with E-state index in [9.17, 15) is 17.6 Å². The molecule has 0 saturated heterocycles. The van der Waals surface area contributed by atoms with Gasteiger partial charge >= 0.3 is 0 Å². The van der Waals surface area contributed by atoms with E-state index in [1.807, 2.05) is 32.9 Å². The molecule has 8 heteroatoms. The van der Waals surface area contributed by atoms with E-state index >= 15 is 0 Å². The summed E-state index contributed by atoms with van der Waals surface area (Å²) in [4.78, 5) is 13.0. The number of aryl methyl sites for hydroxylation is 1. The SMILES string of the molecule is Cc1ccc(S(=O)(=O)n2cc(C3=CC(=C4C(=O)Nc5cc(F)ccc54)OC3(C)C)c3ccccc32)cc1. The number of amides is 1. The molecule has 1 amide bonds. The Morgan fingerprint density at radius 2 is 1.70 bits per heavy atom. The van der Waals surface area contributed by atoms with Crippen molar-refractivity contribution >= 4 is 43.7 Å². The molecule has 37 heavy (non-hydrogen) atoms. The fourth-order valence-electron chi connectivity index (χ4n) is 4.97. The molecule has 6 nitrogen and oxygen atoms in total. The Labute approximate surface area is 213 Å². The number of allylic oxidation sites excluding steroid dienone is 1. The van der Waals surface area contributed by atoms with Gasteiger partial charge in [-0.1, -0.05) is 35.9 Å². The minimum atomic E-state index is -3.87. The van der Waals surface area contributed by atoms with Crippen LogP contribution in [0.4, 0.5) is 10.1 Å². The van der Waals surface area contributed by atoms with Crippen molar-refractivity contribution in [2.75, 3.05) is 5.32 Å². The number of carbonyl (C=O) groups is 1. The number of carbonyl (C=O) groups excluding carboxylic acids is 1. The van der Waals surface area contributed by atoms with Crippen molar-refractivity contribution < 1.29 is 22.3 Å². The van der Waals surface area contributed by atoms with Crippen LogP contribution in [0.3, 0.4) is 0 Å². The average molecular weight is 515 g/mol. The Hall–Kier alpha value is -4.17. The minimum Gasteiger partial charge on any atom is -0.482 e. The zero-order valence-corrected chi connectivity index (χ0v) is 21.2. The van der Waals surface area contributed by atoms with Crippen LogP contribution in [0, 0.1) is 12.7 Å². The van der Waals surface area contributed by atoms with Crippen molar-refractivity contribution in [3.63, 3.8) is 0 Å². The third kappa shape index (κ3) is 3.59. The summed E-state index contributed by atoms with van der Waals surface area (Å²) in [6, 6.07) is 18.1. The predicted octanol–water partition coefficient (Wildman–Crippen LogP) is 5.88. The second-order valence-electron chi connectivity index (χ2n) is 9.73. The van der Waals surface area contributed by atoms with Gasteiger partial charge in [0.25, 0.3) is 15.9 Å². The molecule has 0 aliphatic carbocycles. The van der Waals surface area contributed by atoms with Gasteiger partial charge in [0.1, 0.15) is 17.2 Å². The predicted molar refractivity (Wildman–Crippen MR) is 141 cm³/mol. The Balaban J connectivity index is 1.55. The van der Waals surface area contributed by atoms with E-state index in [-0.39, 0.29) is 10.8 Å². The average Bonchev–Trinajstić information content (AvgIpc) is 3.48. The monoisotopic (exact) mass is 514 g/mol. The molecule has 1 N–H and O–H groups in total. The van der Waals surface area contributed by atoms with Crippen LogP contribution >= 0.6 is 0 Å². The van der Waals surface area contributed by atoms with E-state index in [0.29, 0.717) is 33.7 Å². The van der Waals surface area contributed by atoms with Gasteiger partial charge in [-0.15, -0.1) is 0 Å². The summed E-state index contributed by atoms with van der Waals surface area (Å²) in [6.45, 7) is 5.64. The number of halogens is 1. The summed E-state index contributed by atoms with van der Waals surface area (Å²) >= 11 is 0. The first-order valence-corrected chi connectivity index (χ1v) is 13.2. The first-order chi connectivity index (χ1) is 17.6. The highest BCUT2D eigenvalue weighted by atomic mass is 32.2. The van der Waals surface area contributed by atoms with Gasteiger partial charge in [-0.2, -0.15) is 0 Å². The summed E-state index contributed by atoms with van der Waals surface area (Å²) in [5, 5.41) is 3.43. The van der Waals surface area contributed by atoms with Crippen molar-refractivity contribution in [2.24, 2.45) is 0 Å². The quantitative estimate of drug-likeness (QED) is 0.346. The maximum Gasteiger partial charge on any atom is 0.268 e. The molecule has 0 fully saturated rings. The number of ether oxygens (including phenoxy) is 1. The van der Waals surface area contributed by atoms with E-state index in [1.54, 1.807) is 54.7 Å². The van der Waals surface area contributed by atoms with Crippen LogP contribution < -0.4 is 5.32 Å². The molecule has 4 aromatic rings. The van der Waals surface area contributed by atoms with Crippen LogP contribution in [0.25, 0.3) is 22.0 Å². The smallest absolute Gasteiger partial charge is 0.268 e. The number of anilines is 1. The lowest BCUT2D eigenvalue weighted by Gasteiger charge is -2.23. The number of benzene rings is 3. The Morgan fingerprint density at radius 1 is 0.973 bits per heavy atom. The standard InChI is InChI=1S/C29H23FN2O4S/c1-17-8-11-19(12-9-17)37(34,35)32-16-22(20-6-4-5-7-25(20)32)23-15-26(36-29(23,2)3)27-21-13-10-18(30)14-24(21)31-28(27)33/h4-16H,1-3H3,(H,31,33). The van der Waals surface area contributed by atoms with E-state index in [4.69, 9.17) is 4.74 Å². The number of aromatic nitrogens is 1. The van der Waals surface area contributed by atoms with Crippen LogP contribution in [0.2, 0.25) is 0 Å². The van der Waals surface area contributed by atoms with E-state index < -0.39 is 21.4 Å². The second kappa shape index (κ2) is 7.91. The molecule has 186 valence electrons. The molecule has 3 heterocycles. The van der Waals surface area contributed by atoms with Crippen molar-refractivity contribution in [3.8, 4) is 0 Å². The zero-order chi connectivity index (χ0) is 26.1. The largest absolute Gasteiger partial charge is 0.482 e. The van der Waals surface area contributed by atoms with E-state index in [2.05, 4.69) is 5.32 Å². The first-order valence-electron chi connectivity index (χ1n) is 11.8. The highest BCUT2D eigenvalue weighted by molar-refractivity contribution is 7.90. The molecule has 6 rings (SSSR count). The molecular formula is C29H23FN2O4S. The molecule has 2 aliphatic rings. The van der Waals surface area contributed by atoms with Crippen LogP contribution in [0.1, 0.15) is 30.5 Å². The summed E-state index contributed by atoms with van der Waals surface area (Å²) in [5.74, 6) is -0.480. The third-order valence-corrected chi connectivity index (χ3v) is 8.50. The molecule has 3 aromatic carbocycles. The van der Waals surface area contributed by atoms with Gasteiger partial charge in [-0.25, -0.2) is 16.8 Å². The van der Waals surface area contributed by atoms with Crippen molar-refractivity contribution in [1.82, 2.24) is 3.97 Å². The van der Waals surface area contributed by atoms with E-state index in [1.165, 1.54) is 16.1 Å². The lowest BCUT2D eigenvalue weighted by molar-refractivity contribution is -0.111. The molecule has 0 saturated carbocycles. The first kappa shape index (κ1) is 23.2. The van der Waals surface area contributed by atoms with E-state index in [0.717, 1.165) is 16.5 Å². The summed E-state index contributed by atoms with van der Waals surface area (Å²) in [7, 11) is -3.87. The topological polar surface area (TPSA) is 77.4 Å². The number of rotatable bonds is 3. The normalized spacial score (nSPS) is 18.5. The van der Waals surface area contributed by atoms with Gasteiger partial charge in [0.15, 0.2) is 0 Å². The Morgan fingerprint density at radius 3 is 2.46 bits per heavy atom. The number of para-hydroxylation sites is 1. The van der Waals surface area contributed by atoms with Crippen LogP contribution in [0.15, 0.2) is 89.7 Å². The molecule has 0 radical (unpaired) electrons. The fraction of sp³-hybridized carbons (Fsp3) is 0.138. The van der Waals surface area contributed by atoms with Gasteiger partial charge in [-0.05, 0) is 63.2 Å². The molecular weight excluding hydrogens is 491 g/mol.